The molecule has 0 aliphatic carbocycles. The number of aromatic nitrogens is 1. The Morgan fingerprint density at radius 1 is 1.15 bits per heavy atom. The number of hydrogen-bond donors (Lipinski definition) is 0. The molecule has 0 amide bonds. The third-order valence-corrected chi connectivity index (χ3v) is 6.01. The first kappa shape index (κ1) is 18.0. The average molecular weight is 450 g/mol. The van der Waals surface area contributed by atoms with Gasteiger partial charge < -0.3 is 14.2 Å². The van der Waals surface area contributed by atoms with Gasteiger partial charge in [0.05, 0.1) is 13.2 Å². The summed E-state index contributed by atoms with van der Waals surface area (Å²) in [5.41, 5.74) is 3.34. The largest absolute Gasteiger partial charge is 0.378 e. The van der Waals surface area contributed by atoms with Crippen LogP contribution in [-0.2, 0) is 11.3 Å². The van der Waals surface area contributed by atoms with Gasteiger partial charge in [0, 0.05) is 51.8 Å². The van der Waals surface area contributed by atoms with Gasteiger partial charge in [0.2, 0.25) is 0 Å². The van der Waals surface area contributed by atoms with Crippen molar-refractivity contribution in [1.82, 2.24) is 9.47 Å². The van der Waals surface area contributed by atoms with Gasteiger partial charge in [-0.2, -0.15) is 0 Å². The summed E-state index contributed by atoms with van der Waals surface area (Å²) in [6, 6.07) is 14.3. The van der Waals surface area contributed by atoms with Crippen molar-refractivity contribution >= 4 is 55.6 Å². The van der Waals surface area contributed by atoms with Crippen LogP contribution in [0.4, 0.5) is 0 Å². The molecule has 1 aliphatic rings. The van der Waals surface area contributed by atoms with Crippen LogP contribution in [0.2, 0.25) is 5.02 Å². The maximum atomic E-state index is 6.37. The summed E-state index contributed by atoms with van der Waals surface area (Å²) in [6.45, 7) is 3.84. The van der Waals surface area contributed by atoms with Crippen LogP contribution in [-0.4, -0.2) is 40.8 Å². The third-order valence-electron chi connectivity index (χ3n) is 4.67. The van der Waals surface area contributed by atoms with E-state index < -0.39 is 0 Å². The molecular formula is C20H18BrClN2OS. The first-order chi connectivity index (χ1) is 12.6. The molecule has 1 aromatic heterocycles. The average Bonchev–Trinajstić information content (AvgIpc) is 3.01. The minimum atomic E-state index is 0.712. The zero-order valence-corrected chi connectivity index (χ0v) is 17.3. The fourth-order valence-corrected chi connectivity index (χ4v) is 4.22. The molecule has 4 rings (SSSR count). The number of halogens is 2. The fraction of sp³-hybridized carbons (Fsp3) is 0.250. The van der Waals surface area contributed by atoms with Crippen molar-refractivity contribution < 1.29 is 4.74 Å². The van der Waals surface area contributed by atoms with Crippen molar-refractivity contribution in [2.24, 2.45) is 0 Å². The fourth-order valence-electron chi connectivity index (χ4n) is 3.32. The Morgan fingerprint density at radius 2 is 1.92 bits per heavy atom. The molecule has 1 saturated heterocycles. The van der Waals surface area contributed by atoms with Crippen molar-refractivity contribution in [3.05, 3.63) is 69.3 Å². The Hall–Kier alpha value is -1.40. The summed E-state index contributed by atoms with van der Waals surface area (Å²) in [5.74, 6) is 0. The Morgan fingerprint density at radius 3 is 2.69 bits per heavy atom. The van der Waals surface area contributed by atoms with E-state index in [1.807, 2.05) is 18.2 Å². The summed E-state index contributed by atoms with van der Waals surface area (Å²) >= 11 is 15.8. The van der Waals surface area contributed by atoms with E-state index in [2.05, 4.69) is 55.9 Å². The maximum absolute atomic E-state index is 6.37. The number of rotatable bonds is 3. The first-order valence-corrected chi connectivity index (χ1v) is 10.1. The van der Waals surface area contributed by atoms with E-state index >= 15 is 0 Å². The van der Waals surface area contributed by atoms with Gasteiger partial charge in [0.25, 0.3) is 0 Å². The van der Waals surface area contributed by atoms with Gasteiger partial charge in [-0.1, -0.05) is 57.9 Å². The van der Waals surface area contributed by atoms with Gasteiger partial charge in [0.1, 0.15) is 4.99 Å². The first-order valence-electron chi connectivity index (χ1n) is 8.52. The number of fused-ring (bicyclic) bond motifs is 1. The lowest BCUT2D eigenvalue weighted by molar-refractivity contribution is 0.0693. The smallest absolute Gasteiger partial charge is 0.111 e. The van der Waals surface area contributed by atoms with Crippen LogP contribution in [0, 0.1) is 0 Å². The zero-order chi connectivity index (χ0) is 18.1. The Balaban J connectivity index is 1.77. The van der Waals surface area contributed by atoms with Crippen molar-refractivity contribution in [2.75, 3.05) is 26.3 Å². The topological polar surface area (TPSA) is 17.4 Å². The molecule has 2 aromatic carbocycles. The van der Waals surface area contributed by atoms with Gasteiger partial charge in [-0.3, -0.25) is 0 Å². The molecule has 0 radical (unpaired) electrons. The zero-order valence-electron chi connectivity index (χ0n) is 14.1. The molecule has 134 valence electrons. The standard InChI is InChI=1S/C20H18BrClN2OS/c21-15-5-6-19-16(11-15)17(20(26)23-7-9-25-10-8-23)13-24(19)12-14-3-1-2-4-18(14)22/h1-6,11,13H,7-10,12H2. The summed E-state index contributed by atoms with van der Waals surface area (Å²) in [7, 11) is 0. The number of morpholine rings is 1. The minimum Gasteiger partial charge on any atom is -0.378 e. The van der Waals surface area contributed by atoms with Crippen LogP contribution < -0.4 is 0 Å². The molecule has 26 heavy (non-hydrogen) atoms. The van der Waals surface area contributed by atoms with E-state index in [0.29, 0.717) is 6.54 Å². The van der Waals surface area contributed by atoms with Crippen molar-refractivity contribution in [2.45, 2.75) is 6.54 Å². The summed E-state index contributed by atoms with van der Waals surface area (Å²) < 4.78 is 8.74. The van der Waals surface area contributed by atoms with Crippen LogP contribution in [0.1, 0.15) is 11.1 Å². The highest BCUT2D eigenvalue weighted by Crippen LogP contribution is 2.28. The molecule has 1 aliphatic heterocycles. The van der Waals surface area contributed by atoms with Gasteiger partial charge in [-0.15, -0.1) is 0 Å². The van der Waals surface area contributed by atoms with Crippen LogP contribution in [0.3, 0.4) is 0 Å². The van der Waals surface area contributed by atoms with Gasteiger partial charge >= 0.3 is 0 Å². The minimum absolute atomic E-state index is 0.712. The van der Waals surface area contributed by atoms with Crippen LogP contribution in [0.15, 0.2) is 53.1 Å². The quantitative estimate of drug-likeness (QED) is 0.517. The second-order valence-corrected chi connectivity index (χ2v) is 8.04. The van der Waals surface area contributed by atoms with E-state index in [0.717, 1.165) is 62.8 Å². The molecule has 0 spiro atoms. The summed E-state index contributed by atoms with van der Waals surface area (Å²) in [5, 5.41) is 1.94. The molecule has 0 unspecified atom stereocenters. The van der Waals surface area contributed by atoms with Crippen LogP contribution >= 0.6 is 39.7 Å². The van der Waals surface area contributed by atoms with E-state index in [9.17, 15) is 0 Å². The molecule has 0 N–H and O–H groups in total. The lowest BCUT2D eigenvalue weighted by Gasteiger charge is -2.29. The molecule has 0 bridgehead atoms. The molecular weight excluding hydrogens is 432 g/mol. The molecule has 3 aromatic rings. The maximum Gasteiger partial charge on any atom is 0.111 e. The second-order valence-electron chi connectivity index (χ2n) is 6.33. The normalized spacial score (nSPS) is 14.8. The molecule has 6 heteroatoms. The monoisotopic (exact) mass is 448 g/mol. The number of thiocarbonyl (C=S) groups is 1. The van der Waals surface area contributed by atoms with E-state index in [1.54, 1.807) is 0 Å². The Labute approximate surface area is 171 Å². The van der Waals surface area contributed by atoms with Gasteiger partial charge in [-0.25, -0.2) is 0 Å². The van der Waals surface area contributed by atoms with Crippen molar-refractivity contribution in [3.63, 3.8) is 0 Å². The molecule has 0 atom stereocenters. The van der Waals surface area contributed by atoms with E-state index in [1.165, 1.54) is 0 Å². The molecule has 0 saturated carbocycles. The Bertz CT molecular complexity index is 966. The number of ether oxygens (including phenoxy) is 1. The van der Waals surface area contributed by atoms with E-state index in [4.69, 9.17) is 28.6 Å². The number of nitrogens with zero attached hydrogens (tertiary/aromatic N) is 2. The highest BCUT2D eigenvalue weighted by Gasteiger charge is 2.20. The highest BCUT2D eigenvalue weighted by atomic mass is 79.9. The predicted octanol–water partition coefficient (Wildman–Crippen LogP) is 5.11. The lowest BCUT2D eigenvalue weighted by atomic mass is 10.1. The predicted molar refractivity (Wildman–Crippen MR) is 114 cm³/mol. The molecule has 2 heterocycles. The van der Waals surface area contributed by atoms with Crippen LogP contribution in [0.5, 0.6) is 0 Å². The van der Waals surface area contributed by atoms with Crippen LogP contribution in [0.25, 0.3) is 10.9 Å². The second kappa shape index (κ2) is 7.69. The molecule has 1 fully saturated rings. The van der Waals surface area contributed by atoms with Crippen molar-refractivity contribution in [3.8, 4) is 0 Å². The summed E-state index contributed by atoms with van der Waals surface area (Å²) in [4.78, 5) is 3.11. The summed E-state index contributed by atoms with van der Waals surface area (Å²) in [6.07, 6.45) is 2.15. The third kappa shape index (κ3) is 3.54. The SMILES string of the molecule is S=C(c1cn(Cc2ccccc2Cl)c2ccc(Br)cc12)N1CCOCC1. The van der Waals surface area contributed by atoms with Crippen molar-refractivity contribution in [1.29, 1.82) is 0 Å². The highest BCUT2D eigenvalue weighted by molar-refractivity contribution is 9.10. The van der Waals surface area contributed by atoms with E-state index in [-0.39, 0.29) is 0 Å². The lowest BCUT2D eigenvalue weighted by Crippen LogP contribution is -2.40. The molecule has 3 nitrogen and oxygen atoms in total. The van der Waals surface area contributed by atoms with Gasteiger partial charge in [-0.05, 0) is 29.8 Å². The Kier molecular flexibility index (Phi) is 5.32. The number of hydrogen-bond acceptors (Lipinski definition) is 2. The van der Waals surface area contributed by atoms with Gasteiger partial charge in [0.15, 0.2) is 0 Å². The number of benzene rings is 2.